The Hall–Kier alpha value is -8.18. The van der Waals surface area contributed by atoms with E-state index in [1.54, 1.807) is 30.7 Å². The number of halogens is 5. The molecule has 16 aromatic rings. The summed E-state index contributed by atoms with van der Waals surface area (Å²) in [7, 11) is 8.12. The van der Waals surface area contributed by atoms with Gasteiger partial charge in [0.15, 0.2) is 0 Å². The van der Waals surface area contributed by atoms with Crippen molar-refractivity contribution in [2.75, 3.05) is 0 Å². The molecule has 0 radical (unpaired) electrons. The molecule has 0 spiro atoms. The van der Waals surface area contributed by atoms with Gasteiger partial charge in [0.05, 0.1) is 5.69 Å². The molecule has 0 fully saturated rings. The van der Waals surface area contributed by atoms with Gasteiger partial charge in [-0.25, -0.2) is 4.98 Å². The first-order chi connectivity index (χ1) is 58.5. The van der Waals surface area contributed by atoms with Gasteiger partial charge in [-0.1, -0.05) is 447 Å². The molecule has 0 atom stereocenters. The predicted molar refractivity (Wildman–Crippen MR) is 535 cm³/mol. The van der Waals surface area contributed by atoms with Crippen molar-refractivity contribution in [3.05, 3.63) is 487 Å². The van der Waals surface area contributed by atoms with Crippen molar-refractivity contribution in [3.63, 3.8) is 0 Å². The van der Waals surface area contributed by atoms with Gasteiger partial charge in [0.25, 0.3) is 11.6 Å². The maximum atomic E-state index is 7.15. The molecule has 0 saturated carbocycles. The largest absolute Gasteiger partial charge is 2.00 e. The number of hydrogen-bond donors (Lipinski definition) is 0. The van der Waals surface area contributed by atoms with Crippen LogP contribution in [-0.4, -0.2) is 43.0 Å². The Morgan fingerprint density at radius 1 is 0.301 bits per heavy atom. The minimum absolute atomic E-state index is 0. The van der Waals surface area contributed by atoms with E-state index in [1.807, 2.05) is 56.8 Å². The molecule has 0 aliphatic carbocycles. The fraction of sp³-hybridized carbons (Fsp3) is 0.0952. The van der Waals surface area contributed by atoms with Crippen LogP contribution in [0.15, 0.2) is 446 Å². The van der Waals surface area contributed by atoms with Gasteiger partial charge >= 0.3 is 57.6 Å². The van der Waals surface area contributed by atoms with Crippen LogP contribution in [-0.2, 0) is 46.4 Å². The zero-order valence-electron chi connectivity index (χ0n) is 70.2. The zero-order valence-corrected chi connectivity index (χ0v) is 85.2. The third-order valence-corrected chi connectivity index (χ3v) is 28.2. The van der Waals surface area contributed by atoms with Crippen LogP contribution in [0.3, 0.4) is 0 Å². The zero-order chi connectivity index (χ0) is 85.4. The summed E-state index contributed by atoms with van der Waals surface area (Å²) in [6.45, 7) is 30.8. The standard InChI is InChI=1S/4C18H15P.C15H15N3.C9H12BrN.C6H3BrN2.C3H7.3ClH.Mg.Pd.Zn/c4*1-4-10-16(11-5-1)19(17-12-6-2-7-13-17)18-14-8-3-9-15-18;1-15(2,3)11-7-9-17-13(10-11)12-6-5-8-18-14(12)16-4;1-9(2,3)7-4-5-11-8(10)6-7;1-8-6-5(7)3-2-4-9-6;1-3-2;;;;;;/h4*1-15H;5-10H,1-3H3;4-6H,1-3H3;2-4H;3H,1-2H3;3*1H;;;/q;;;;;;;-1;;;;+2;;+2/p-3. The summed E-state index contributed by atoms with van der Waals surface area (Å²) in [5, 5.41) is 16.8. The van der Waals surface area contributed by atoms with Crippen LogP contribution in [0.2, 0.25) is 0 Å². The Morgan fingerprint density at radius 2 is 0.504 bits per heavy atom. The van der Waals surface area contributed by atoms with Crippen LogP contribution in [0, 0.1) is 19.6 Å². The summed E-state index contributed by atoms with van der Waals surface area (Å²) in [5.74, 6) is 0.813. The molecule has 123 heavy (non-hydrogen) atoms. The molecule has 18 heteroatoms. The average molecular weight is 2030 g/mol. The number of benzene rings is 12. The molecule has 0 aliphatic heterocycles. The van der Waals surface area contributed by atoms with Gasteiger partial charge in [-0.05, 0) is 170 Å². The van der Waals surface area contributed by atoms with Gasteiger partial charge in [0.1, 0.15) is 17.0 Å². The third-order valence-electron chi connectivity index (χ3n) is 17.4. The summed E-state index contributed by atoms with van der Waals surface area (Å²) in [5.41, 5.74) is 4.38. The van der Waals surface area contributed by atoms with Gasteiger partial charge in [-0.3, -0.25) is 4.98 Å². The van der Waals surface area contributed by atoms with Crippen LogP contribution >= 0.6 is 82.9 Å². The van der Waals surface area contributed by atoms with E-state index in [4.69, 9.17) is 32.5 Å². The van der Waals surface area contributed by atoms with E-state index in [1.165, 1.54) is 74.8 Å². The summed E-state index contributed by atoms with van der Waals surface area (Å²) >= 11 is 5.59. The van der Waals surface area contributed by atoms with E-state index in [9.17, 15) is 0 Å². The first kappa shape index (κ1) is 105. The topological polar surface area (TPSA) is 60.3 Å². The molecular formula is C105H97Br2Cl3MgN6P4PdZn. The number of nitrogens with zero attached hydrogens (tertiary/aromatic N) is 6. The second kappa shape index (κ2) is 59.7. The SMILES string of the molecule is CC(C)(C)c1ccnc(Br)c1.C[CH-]C.[C-]#[N+]c1ncccc1-c1cc(C(C)(C)C)ccn1.[C-]#[N+]c1ncccc1Br.[Cl-].[Cl][Zn][Cl].[Mg+2].[Pd].c1ccc(P(c2ccccc2)c2ccccc2)cc1.c1ccc(P(c2ccccc2)c2ccccc2)cc1.c1ccc(P(c2ccccc2)c2ccccc2)cc1.c1ccc(P(c2ccccc2)c2ccccc2)cc1. The number of hydrogen-bond acceptors (Lipinski definition) is 4. The first-order valence-electron chi connectivity index (χ1n) is 39.1. The Kier molecular flexibility index (Phi) is 51.1. The van der Waals surface area contributed by atoms with E-state index in [2.05, 4.69) is 473 Å². The van der Waals surface area contributed by atoms with Gasteiger partial charge in [-0.15, -0.1) is 9.97 Å². The molecule has 6 nitrogen and oxygen atoms in total. The molecule has 12 aromatic carbocycles. The van der Waals surface area contributed by atoms with Crippen molar-refractivity contribution in [3.8, 4) is 11.3 Å². The maximum absolute atomic E-state index is 7.15. The van der Waals surface area contributed by atoms with E-state index >= 15 is 0 Å². The third kappa shape index (κ3) is 36.4. The first-order valence-corrected chi connectivity index (χ1v) is 53.8. The number of rotatable bonds is 13. The molecule has 0 unspecified atom stereocenters. The Labute approximate surface area is 805 Å². The molecule has 4 heterocycles. The summed E-state index contributed by atoms with van der Waals surface area (Å²) in [6.07, 6.45) is 8.84. The van der Waals surface area contributed by atoms with Crippen LogP contribution in [0.4, 0.5) is 11.6 Å². The fourth-order valence-electron chi connectivity index (χ4n) is 11.8. The Bertz CT molecular complexity index is 4740. The molecular weight excluding hydrogens is 1930 g/mol. The van der Waals surface area contributed by atoms with Crippen molar-refractivity contribution in [1.82, 2.24) is 19.9 Å². The molecule has 616 valence electrons. The maximum Gasteiger partial charge on any atom is 2.00 e. The van der Waals surface area contributed by atoms with Gasteiger partial charge in [-0.2, -0.15) is 13.8 Å². The molecule has 4 aromatic heterocycles. The van der Waals surface area contributed by atoms with E-state index in [0.29, 0.717) is 11.6 Å². The molecule has 0 amide bonds. The number of pyridine rings is 4. The second-order valence-corrected chi connectivity index (χ2v) is 43.4. The van der Waals surface area contributed by atoms with Crippen molar-refractivity contribution in [1.29, 1.82) is 0 Å². The average Bonchev–Trinajstić information content (AvgIpc) is 0.835. The monoisotopic (exact) mass is 2020 g/mol. The van der Waals surface area contributed by atoms with Crippen LogP contribution in [0.1, 0.15) is 66.5 Å². The van der Waals surface area contributed by atoms with Crippen LogP contribution in [0.25, 0.3) is 20.9 Å². The Morgan fingerprint density at radius 3 is 0.691 bits per heavy atom. The normalized spacial score (nSPS) is 10.0. The predicted octanol–water partition coefficient (Wildman–Crippen LogP) is 22.5. The Balaban J connectivity index is 0.000000254. The van der Waals surface area contributed by atoms with Gasteiger partial charge in [0.2, 0.25) is 0 Å². The molecule has 0 bridgehead atoms. The van der Waals surface area contributed by atoms with Crippen molar-refractivity contribution < 1.29 is 48.0 Å². The summed E-state index contributed by atoms with van der Waals surface area (Å²) in [4.78, 5) is 22.9. The molecule has 0 saturated heterocycles. The smallest absolute Gasteiger partial charge is 0.0622 e. The summed E-state index contributed by atoms with van der Waals surface area (Å²) in [6, 6.07) is 145. The quantitative estimate of drug-likeness (QED) is 0.0499. The van der Waals surface area contributed by atoms with E-state index in [-0.39, 0.29) is 66.7 Å². The molecule has 16 rings (SSSR count). The minimum atomic E-state index is -0.931. The van der Waals surface area contributed by atoms with Crippen LogP contribution in [0.5, 0.6) is 0 Å². The van der Waals surface area contributed by atoms with Crippen molar-refractivity contribution in [2.24, 2.45) is 0 Å². The van der Waals surface area contributed by atoms with E-state index < -0.39 is 46.8 Å². The van der Waals surface area contributed by atoms with Crippen molar-refractivity contribution in [2.45, 2.75) is 66.2 Å². The number of aromatic nitrogens is 4. The van der Waals surface area contributed by atoms with Gasteiger partial charge < -0.3 is 28.5 Å². The summed E-state index contributed by atoms with van der Waals surface area (Å²) < 4.78 is 1.66. The van der Waals surface area contributed by atoms with Crippen LogP contribution < -0.4 is 76.1 Å². The van der Waals surface area contributed by atoms with Gasteiger partial charge in [0, 0.05) is 42.9 Å². The molecule has 0 aliphatic rings. The minimum Gasteiger partial charge on any atom is -0.0622 e. The van der Waals surface area contributed by atoms with Crippen molar-refractivity contribution >= 4 is 181 Å². The second-order valence-electron chi connectivity index (χ2n) is 28.3. The van der Waals surface area contributed by atoms with E-state index in [0.717, 1.165) is 20.3 Å². The fourth-order valence-corrected chi connectivity index (χ4v) is 21.7. The molecule has 0 N–H and O–H groups in total.